The second kappa shape index (κ2) is 8.02. The van der Waals surface area contributed by atoms with E-state index >= 15 is 0 Å². The molecule has 0 aliphatic heterocycles. The van der Waals surface area contributed by atoms with E-state index in [0.717, 1.165) is 16.3 Å². The maximum absolute atomic E-state index is 12.2. The molecule has 0 fully saturated rings. The van der Waals surface area contributed by atoms with Crippen molar-refractivity contribution in [2.75, 3.05) is 0 Å². The van der Waals surface area contributed by atoms with Crippen LogP contribution in [0.4, 0.5) is 0 Å². The third kappa shape index (κ3) is 4.03. The third-order valence-corrected chi connectivity index (χ3v) is 4.40. The molecule has 3 aromatic rings. The van der Waals surface area contributed by atoms with Crippen LogP contribution in [0, 0.1) is 0 Å². The van der Waals surface area contributed by atoms with Gasteiger partial charge in [0, 0.05) is 0 Å². The number of carbonyl (C=O) groups is 2. The van der Waals surface area contributed by atoms with Crippen molar-refractivity contribution in [2.24, 2.45) is 0 Å². The second-order valence-electron chi connectivity index (χ2n) is 5.92. The van der Waals surface area contributed by atoms with E-state index in [-0.39, 0.29) is 6.61 Å². The zero-order valence-corrected chi connectivity index (χ0v) is 15.0. The average molecular weight is 368 g/mol. The number of benzene rings is 3. The molecule has 0 spiro atoms. The summed E-state index contributed by atoms with van der Waals surface area (Å²) in [4.78, 5) is 24.5. The van der Waals surface area contributed by atoms with Crippen LogP contribution in [0.1, 0.15) is 22.8 Å². The van der Waals surface area contributed by atoms with Crippen LogP contribution in [0.25, 0.3) is 10.8 Å². The van der Waals surface area contributed by atoms with Gasteiger partial charge in [-0.05, 0) is 35.4 Å². The first-order valence-corrected chi connectivity index (χ1v) is 8.62. The number of carbonyl (C=O) groups excluding carboxylic acids is 2. The van der Waals surface area contributed by atoms with Crippen LogP contribution >= 0.6 is 11.6 Å². The minimum absolute atomic E-state index is 0.145. The van der Waals surface area contributed by atoms with Crippen molar-refractivity contribution in [3.05, 3.63) is 82.9 Å². The maximum atomic E-state index is 12.2. The molecule has 5 heteroatoms. The van der Waals surface area contributed by atoms with E-state index in [1.807, 2.05) is 42.5 Å². The highest BCUT2D eigenvalue weighted by atomic mass is 35.5. The Bertz CT molecular complexity index is 949. The second-order valence-corrected chi connectivity index (χ2v) is 6.33. The number of hydrogen-bond donors (Lipinski definition) is 1. The molecule has 4 nitrogen and oxygen atoms in total. The van der Waals surface area contributed by atoms with Crippen LogP contribution in [-0.4, -0.2) is 17.9 Å². The zero-order chi connectivity index (χ0) is 18.5. The molecule has 1 amide bonds. The number of nitrogens with one attached hydrogen (secondary N) is 1. The van der Waals surface area contributed by atoms with Gasteiger partial charge >= 0.3 is 5.97 Å². The monoisotopic (exact) mass is 367 g/mol. The molecule has 0 unspecified atom stereocenters. The summed E-state index contributed by atoms with van der Waals surface area (Å²) in [5.41, 5.74) is 1.24. The first-order chi connectivity index (χ1) is 12.6. The molecule has 0 radical (unpaired) electrons. The first kappa shape index (κ1) is 18.0. The predicted octanol–water partition coefficient (Wildman–Crippen LogP) is 4.35. The lowest BCUT2D eigenvalue weighted by atomic mass is 10.1. The van der Waals surface area contributed by atoms with E-state index in [9.17, 15) is 9.59 Å². The van der Waals surface area contributed by atoms with Gasteiger partial charge in [0.1, 0.15) is 12.6 Å². The Hall–Kier alpha value is -2.85. The summed E-state index contributed by atoms with van der Waals surface area (Å²) >= 11 is 6.00. The summed E-state index contributed by atoms with van der Waals surface area (Å²) in [6, 6.07) is 19.6. The smallest absolute Gasteiger partial charge is 0.328 e. The van der Waals surface area contributed by atoms with E-state index in [4.69, 9.17) is 16.3 Å². The summed E-state index contributed by atoms with van der Waals surface area (Å²) in [5, 5.41) is 5.07. The van der Waals surface area contributed by atoms with Gasteiger partial charge in [-0.15, -0.1) is 0 Å². The van der Waals surface area contributed by atoms with Crippen LogP contribution in [0.5, 0.6) is 0 Å². The predicted molar refractivity (Wildman–Crippen MR) is 102 cm³/mol. The molecule has 26 heavy (non-hydrogen) atoms. The van der Waals surface area contributed by atoms with Crippen LogP contribution in [0.3, 0.4) is 0 Å². The molecule has 1 N–H and O–H groups in total. The lowest BCUT2D eigenvalue weighted by Crippen LogP contribution is -2.39. The number of amides is 1. The Kier molecular flexibility index (Phi) is 5.54. The van der Waals surface area contributed by atoms with Crippen molar-refractivity contribution in [1.82, 2.24) is 5.32 Å². The van der Waals surface area contributed by atoms with Crippen LogP contribution in [0.15, 0.2) is 66.7 Å². The average Bonchev–Trinajstić information content (AvgIpc) is 2.66. The molecule has 0 saturated heterocycles. The summed E-state index contributed by atoms with van der Waals surface area (Å²) in [7, 11) is 0. The number of hydrogen-bond acceptors (Lipinski definition) is 3. The van der Waals surface area contributed by atoms with Gasteiger partial charge in [0.2, 0.25) is 0 Å². The van der Waals surface area contributed by atoms with Gasteiger partial charge in [-0.1, -0.05) is 66.2 Å². The third-order valence-electron chi connectivity index (χ3n) is 4.07. The van der Waals surface area contributed by atoms with Crippen LogP contribution in [-0.2, 0) is 16.1 Å². The summed E-state index contributed by atoms with van der Waals surface area (Å²) in [5.74, 6) is -0.913. The van der Waals surface area contributed by atoms with Crippen molar-refractivity contribution in [3.8, 4) is 0 Å². The Labute approximate surface area is 156 Å². The van der Waals surface area contributed by atoms with E-state index in [1.54, 1.807) is 31.2 Å². The molecular formula is C21H18ClNO3. The van der Waals surface area contributed by atoms with Crippen molar-refractivity contribution < 1.29 is 14.3 Å². The van der Waals surface area contributed by atoms with Gasteiger partial charge < -0.3 is 10.1 Å². The Morgan fingerprint density at radius 3 is 2.50 bits per heavy atom. The number of halogens is 1. The SMILES string of the molecule is C[C@H](NC(=O)c1ccccc1Cl)C(=O)OCc1cccc2ccccc12. The largest absolute Gasteiger partial charge is 0.459 e. The van der Waals surface area contributed by atoms with Crippen molar-refractivity contribution in [2.45, 2.75) is 19.6 Å². The fourth-order valence-electron chi connectivity index (χ4n) is 2.67. The molecule has 132 valence electrons. The summed E-state index contributed by atoms with van der Waals surface area (Å²) in [6.45, 7) is 1.73. The number of esters is 1. The highest BCUT2D eigenvalue weighted by Gasteiger charge is 2.19. The summed E-state index contributed by atoms with van der Waals surface area (Å²) < 4.78 is 5.38. The maximum Gasteiger partial charge on any atom is 0.328 e. The first-order valence-electron chi connectivity index (χ1n) is 8.25. The quantitative estimate of drug-likeness (QED) is 0.682. The normalized spacial score (nSPS) is 11.8. The van der Waals surface area contributed by atoms with E-state index < -0.39 is 17.9 Å². The molecule has 3 rings (SSSR count). The van der Waals surface area contributed by atoms with Crippen LogP contribution < -0.4 is 5.32 Å². The highest BCUT2D eigenvalue weighted by Crippen LogP contribution is 2.19. The van der Waals surface area contributed by atoms with Gasteiger partial charge in [0.15, 0.2) is 0 Å². The Morgan fingerprint density at radius 2 is 1.69 bits per heavy atom. The number of rotatable bonds is 5. The van der Waals surface area contributed by atoms with E-state index in [2.05, 4.69) is 5.32 Å². The van der Waals surface area contributed by atoms with Gasteiger partial charge in [-0.25, -0.2) is 4.79 Å². The summed E-state index contributed by atoms with van der Waals surface area (Å²) in [6.07, 6.45) is 0. The molecule has 1 atom stereocenters. The lowest BCUT2D eigenvalue weighted by Gasteiger charge is -2.14. The number of ether oxygens (including phenoxy) is 1. The molecule has 3 aromatic carbocycles. The van der Waals surface area contributed by atoms with E-state index in [1.165, 1.54) is 0 Å². The molecule has 0 aliphatic rings. The van der Waals surface area contributed by atoms with Gasteiger partial charge in [-0.2, -0.15) is 0 Å². The molecular weight excluding hydrogens is 350 g/mol. The molecule has 0 saturated carbocycles. The van der Waals surface area contributed by atoms with Gasteiger partial charge in [0.25, 0.3) is 5.91 Å². The standard InChI is InChI=1S/C21H18ClNO3/c1-14(23-20(24)18-11-4-5-12-19(18)22)21(25)26-13-16-9-6-8-15-7-2-3-10-17(15)16/h2-12,14H,13H2,1H3,(H,23,24)/t14-/m0/s1. The number of fused-ring (bicyclic) bond motifs is 1. The molecule has 0 bridgehead atoms. The minimum Gasteiger partial charge on any atom is -0.459 e. The van der Waals surface area contributed by atoms with Crippen LogP contribution in [0.2, 0.25) is 5.02 Å². The molecule has 0 aromatic heterocycles. The van der Waals surface area contributed by atoms with E-state index in [0.29, 0.717) is 10.6 Å². The molecule has 0 aliphatic carbocycles. The van der Waals surface area contributed by atoms with Gasteiger partial charge in [0.05, 0.1) is 10.6 Å². The Morgan fingerprint density at radius 1 is 1.00 bits per heavy atom. The fourth-order valence-corrected chi connectivity index (χ4v) is 2.89. The molecule has 0 heterocycles. The topological polar surface area (TPSA) is 55.4 Å². The fraction of sp³-hybridized carbons (Fsp3) is 0.143. The van der Waals surface area contributed by atoms with Crippen molar-refractivity contribution in [1.29, 1.82) is 0 Å². The van der Waals surface area contributed by atoms with Crippen molar-refractivity contribution in [3.63, 3.8) is 0 Å². The minimum atomic E-state index is -0.784. The lowest BCUT2D eigenvalue weighted by molar-refractivity contribution is -0.146. The Balaban J connectivity index is 1.62. The highest BCUT2D eigenvalue weighted by molar-refractivity contribution is 6.33. The zero-order valence-electron chi connectivity index (χ0n) is 14.2. The van der Waals surface area contributed by atoms with Crippen molar-refractivity contribution >= 4 is 34.2 Å². The van der Waals surface area contributed by atoms with Gasteiger partial charge in [-0.3, -0.25) is 4.79 Å².